The van der Waals surface area contributed by atoms with Crippen molar-refractivity contribution in [3.63, 3.8) is 0 Å². The SMILES string of the molecule is CCCCCCCCCCCCCCCCCCCCCCC(=O)O[C@H](COC(=O)CCCCCCCCCCCCCCCCC(C)C)COP(=O)(O)OC[C@@H](O)COP(=O)(O)OC[C@@H](COC(=O)CCCCCCCCCCC)OC(=O)CCCCCCCCCCCC(C)C. The van der Waals surface area contributed by atoms with Crippen LogP contribution in [0.4, 0.5) is 0 Å². The Labute approximate surface area is 600 Å². The van der Waals surface area contributed by atoms with Crippen LogP contribution in [0.3, 0.4) is 0 Å². The van der Waals surface area contributed by atoms with Crippen LogP contribution in [0.25, 0.3) is 0 Å². The summed E-state index contributed by atoms with van der Waals surface area (Å²) >= 11 is 0. The highest BCUT2D eigenvalue weighted by Crippen LogP contribution is 2.45. The number of aliphatic hydroxyl groups is 1. The second-order valence-corrected chi connectivity index (χ2v) is 32.3. The summed E-state index contributed by atoms with van der Waals surface area (Å²) in [6.45, 7) is 9.60. The molecule has 98 heavy (non-hydrogen) atoms. The number of aliphatic hydroxyl groups excluding tert-OH is 1. The Hall–Kier alpha value is -1.94. The molecule has 0 aromatic heterocycles. The fourth-order valence-corrected chi connectivity index (χ4v) is 13.8. The summed E-state index contributed by atoms with van der Waals surface area (Å²) in [5, 5.41) is 10.6. The van der Waals surface area contributed by atoms with E-state index >= 15 is 0 Å². The lowest BCUT2D eigenvalue weighted by atomic mass is 10.0. The van der Waals surface area contributed by atoms with Gasteiger partial charge in [-0.15, -0.1) is 0 Å². The van der Waals surface area contributed by atoms with Crippen LogP contribution in [0.1, 0.15) is 414 Å². The molecule has 0 rings (SSSR count). The molecule has 0 heterocycles. The largest absolute Gasteiger partial charge is 0.472 e. The molecule has 0 saturated carbocycles. The summed E-state index contributed by atoms with van der Waals surface area (Å²) in [4.78, 5) is 72.9. The van der Waals surface area contributed by atoms with Crippen LogP contribution in [-0.2, 0) is 65.4 Å². The zero-order chi connectivity index (χ0) is 72.1. The third-order valence-corrected chi connectivity index (χ3v) is 20.4. The summed E-state index contributed by atoms with van der Waals surface area (Å²) in [6.07, 6.45) is 59.8. The summed E-state index contributed by atoms with van der Waals surface area (Å²) in [6, 6.07) is 0. The summed E-state index contributed by atoms with van der Waals surface area (Å²) < 4.78 is 68.6. The average Bonchev–Trinajstić information content (AvgIpc) is 1.35. The van der Waals surface area contributed by atoms with Crippen LogP contribution < -0.4 is 0 Å². The van der Waals surface area contributed by atoms with Crippen molar-refractivity contribution in [3.05, 3.63) is 0 Å². The first-order chi connectivity index (χ1) is 47.4. The molecule has 0 aromatic carbocycles. The lowest BCUT2D eigenvalue weighted by molar-refractivity contribution is -0.161. The number of unbranched alkanes of at least 4 members (excludes halogenated alkanes) is 48. The normalized spacial score (nSPS) is 13.9. The fraction of sp³-hybridized carbons (Fsp3) is 0.949. The molecule has 0 radical (unpaired) electrons. The van der Waals surface area contributed by atoms with Crippen LogP contribution >= 0.6 is 15.6 Å². The van der Waals surface area contributed by atoms with Gasteiger partial charge in [0.05, 0.1) is 26.4 Å². The van der Waals surface area contributed by atoms with E-state index in [-0.39, 0.29) is 25.7 Å². The minimum atomic E-state index is -4.96. The van der Waals surface area contributed by atoms with E-state index in [0.717, 1.165) is 102 Å². The van der Waals surface area contributed by atoms with E-state index in [9.17, 15) is 43.2 Å². The van der Waals surface area contributed by atoms with Crippen molar-refractivity contribution in [1.82, 2.24) is 0 Å². The van der Waals surface area contributed by atoms with Crippen LogP contribution in [0.5, 0.6) is 0 Å². The molecule has 3 N–H and O–H groups in total. The molecule has 0 amide bonds. The summed E-state index contributed by atoms with van der Waals surface area (Å²) in [5.41, 5.74) is 0. The molecule has 0 fully saturated rings. The maximum Gasteiger partial charge on any atom is 0.472 e. The molecule has 0 aromatic rings. The van der Waals surface area contributed by atoms with E-state index in [1.54, 1.807) is 0 Å². The first-order valence-corrected chi connectivity index (χ1v) is 44.0. The van der Waals surface area contributed by atoms with Crippen LogP contribution in [-0.4, -0.2) is 96.7 Å². The van der Waals surface area contributed by atoms with Crippen molar-refractivity contribution < 1.29 is 80.2 Å². The molecule has 19 heteroatoms. The topological polar surface area (TPSA) is 237 Å². The van der Waals surface area contributed by atoms with Crippen molar-refractivity contribution in [2.24, 2.45) is 11.8 Å². The lowest BCUT2D eigenvalue weighted by Gasteiger charge is -2.21. The number of ether oxygens (including phenoxy) is 4. The van der Waals surface area contributed by atoms with E-state index < -0.39 is 97.5 Å². The maximum atomic E-state index is 13.1. The molecule has 2 unspecified atom stereocenters. The molecular weight excluding hydrogens is 1280 g/mol. The minimum Gasteiger partial charge on any atom is -0.462 e. The summed E-state index contributed by atoms with van der Waals surface area (Å²) in [7, 11) is -9.91. The summed E-state index contributed by atoms with van der Waals surface area (Å²) in [5.74, 6) is -0.578. The highest BCUT2D eigenvalue weighted by atomic mass is 31.2. The average molecular weight is 1440 g/mol. The Morgan fingerprint density at radius 2 is 0.469 bits per heavy atom. The van der Waals surface area contributed by atoms with Gasteiger partial charge in [0.25, 0.3) is 0 Å². The van der Waals surface area contributed by atoms with Gasteiger partial charge in [0.1, 0.15) is 19.3 Å². The monoisotopic (exact) mass is 1440 g/mol. The highest BCUT2D eigenvalue weighted by molar-refractivity contribution is 7.47. The van der Waals surface area contributed by atoms with E-state index in [1.165, 1.54) is 231 Å². The van der Waals surface area contributed by atoms with Crippen molar-refractivity contribution in [2.45, 2.75) is 432 Å². The van der Waals surface area contributed by atoms with Crippen LogP contribution in [0, 0.1) is 11.8 Å². The Morgan fingerprint density at radius 1 is 0.276 bits per heavy atom. The van der Waals surface area contributed by atoms with Gasteiger partial charge in [-0.05, 0) is 37.5 Å². The van der Waals surface area contributed by atoms with Gasteiger partial charge < -0.3 is 33.8 Å². The molecule has 0 bridgehead atoms. The predicted molar refractivity (Wildman–Crippen MR) is 400 cm³/mol. The van der Waals surface area contributed by atoms with Gasteiger partial charge in [-0.25, -0.2) is 9.13 Å². The minimum absolute atomic E-state index is 0.105. The third-order valence-electron chi connectivity index (χ3n) is 18.5. The lowest BCUT2D eigenvalue weighted by Crippen LogP contribution is -2.30. The van der Waals surface area contributed by atoms with Crippen molar-refractivity contribution in [3.8, 4) is 0 Å². The van der Waals surface area contributed by atoms with Gasteiger partial charge in [-0.1, -0.05) is 363 Å². The zero-order valence-corrected chi connectivity index (χ0v) is 65.9. The number of phosphoric ester groups is 2. The van der Waals surface area contributed by atoms with Gasteiger partial charge in [-0.3, -0.25) is 37.3 Å². The molecule has 582 valence electrons. The van der Waals surface area contributed by atoms with E-state index in [0.29, 0.717) is 25.7 Å². The van der Waals surface area contributed by atoms with Gasteiger partial charge in [-0.2, -0.15) is 0 Å². The molecule has 0 aliphatic carbocycles. The Balaban J connectivity index is 5.21. The van der Waals surface area contributed by atoms with E-state index in [2.05, 4.69) is 41.5 Å². The first-order valence-electron chi connectivity index (χ1n) is 41.0. The highest BCUT2D eigenvalue weighted by Gasteiger charge is 2.30. The second kappa shape index (κ2) is 70.7. The number of esters is 4. The number of phosphoric acid groups is 2. The second-order valence-electron chi connectivity index (χ2n) is 29.4. The first kappa shape index (κ1) is 96.1. The number of hydrogen-bond donors (Lipinski definition) is 3. The van der Waals surface area contributed by atoms with E-state index in [4.69, 9.17) is 37.0 Å². The van der Waals surface area contributed by atoms with Crippen molar-refractivity contribution >= 4 is 39.5 Å². The van der Waals surface area contributed by atoms with Gasteiger partial charge in [0.15, 0.2) is 12.2 Å². The van der Waals surface area contributed by atoms with Gasteiger partial charge in [0, 0.05) is 25.7 Å². The van der Waals surface area contributed by atoms with Gasteiger partial charge in [0.2, 0.25) is 0 Å². The number of hydrogen-bond acceptors (Lipinski definition) is 15. The molecule has 0 spiro atoms. The smallest absolute Gasteiger partial charge is 0.462 e. The molecule has 0 aliphatic heterocycles. The predicted octanol–water partition coefficient (Wildman–Crippen LogP) is 23.5. The molecule has 5 atom stereocenters. The molecule has 0 saturated heterocycles. The van der Waals surface area contributed by atoms with Crippen LogP contribution in [0.2, 0.25) is 0 Å². The van der Waals surface area contributed by atoms with Crippen LogP contribution in [0.15, 0.2) is 0 Å². The maximum absolute atomic E-state index is 13.1. The Kier molecular flexibility index (Phi) is 69.3. The quantitative estimate of drug-likeness (QED) is 0.0222. The van der Waals surface area contributed by atoms with E-state index in [1.807, 2.05) is 0 Å². The Bertz CT molecular complexity index is 1890. The number of carbonyl (C=O) groups excluding carboxylic acids is 4. The third kappa shape index (κ3) is 72.4. The molecule has 17 nitrogen and oxygen atoms in total. The molecule has 0 aliphatic rings. The standard InChI is InChI=1S/C79H154O17P2/c1-7-9-11-13-15-17-18-19-20-21-22-23-24-25-30-33-39-45-51-57-63-78(83)95-75(68-90-77(82)62-56-50-44-38-32-29-27-26-28-31-36-41-47-53-59-71(3)4)70-94-98(87,88)92-66-73(80)65-91-97(85,86)93-69-74(67-89-76(81)61-55-49-43-35-16-14-12-10-8-2)96-79(84)64-58-52-46-40-34-37-42-48-54-60-72(5)6/h71-75,80H,7-70H2,1-6H3,(H,85,86)(H,87,88)/t73-,74+,75+/m0/s1. The number of carbonyl (C=O) groups is 4. The number of rotatable bonds is 78. The van der Waals surface area contributed by atoms with Gasteiger partial charge >= 0.3 is 39.5 Å². The Morgan fingerprint density at radius 3 is 0.694 bits per heavy atom. The fourth-order valence-electron chi connectivity index (χ4n) is 12.2. The molecular formula is C79H154O17P2. The van der Waals surface area contributed by atoms with Crippen molar-refractivity contribution in [2.75, 3.05) is 39.6 Å². The van der Waals surface area contributed by atoms with Crippen molar-refractivity contribution in [1.29, 1.82) is 0 Å². The zero-order valence-electron chi connectivity index (χ0n) is 64.1.